The van der Waals surface area contributed by atoms with Gasteiger partial charge >= 0.3 is 6.09 Å². The smallest absolute Gasteiger partial charge is 0.410 e. The lowest BCUT2D eigenvalue weighted by Gasteiger charge is -2.51. The van der Waals surface area contributed by atoms with Crippen molar-refractivity contribution in [1.29, 1.82) is 0 Å². The van der Waals surface area contributed by atoms with Gasteiger partial charge in [-0.05, 0) is 40.0 Å². The highest BCUT2D eigenvalue weighted by atomic mass is 16.6. The van der Waals surface area contributed by atoms with Crippen LogP contribution in [0.4, 0.5) is 4.79 Å². The highest BCUT2D eigenvalue weighted by molar-refractivity contribution is 5.69. The molecule has 1 spiro atoms. The van der Waals surface area contributed by atoms with E-state index in [9.17, 15) is 15.0 Å². The first-order chi connectivity index (χ1) is 9.23. The summed E-state index contributed by atoms with van der Waals surface area (Å²) in [5.74, 6) is 0. The zero-order valence-electron chi connectivity index (χ0n) is 12.5. The lowest BCUT2D eigenvalue weighted by Crippen LogP contribution is -2.64. The second kappa shape index (κ2) is 5.50. The number of hydrogen-bond acceptors (Lipinski definition) is 5. The van der Waals surface area contributed by atoms with Gasteiger partial charge in [0, 0.05) is 13.2 Å². The van der Waals surface area contributed by atoms with E-state index in [1.54, 1.807) is 4.90 Å². The number of likely N-dealkylation sites (tertiary alicyclic amines) is 1. The van der Waals surface area contributed by atoms with E-state index >= 15 is 0 Å². The third-order valence-corrected chi connectivity index (χ3v) is 4.01. The Hall–Kier alpha value is -0.850. The molecule has 6 heteroatoms. The number of aliphatic hydroxyl groups excluding tert-OH is 2. The molecule has 1 amide bonds. The molecule has 20 heavy (non-hydrogen) atoms. The first kappa shape index (κ1) is 15.5. The second-order valence-corrected chi connectivity index (χ2v) is 6.77. The van der Waals surface area contributed by atoms with Crippen LogP contribution in [0.15, 0.2) is 0 Å². The SMILES string of the molecule is CC(C)(C)OC(=O)N1C[C@@H](O)[C@@H](O)CC12CCOCC2. The largest absolute Gasteiger partial charge is 0.444 e. The van der Waals surface area contributed by atoms with Crippen molar-refractivity contribution in [2.45, 2.75) is 63.4 Å². The Morgan fingerprint density at radius 2 is 1.85 bits per heavy atom. The molecule has 2 rings (SSSR count). The average molecular weight is 287 g/mol. The fourth-order valence-corrected chi connectivity index (χ4v) is 2.95. The highest BCUT2D eigenvalue weighted by Gasteiger charge is 2.49. The Labute approximate surface area is 119 Å². The van der Waals surface area contributed by atoms with Crippen molar-refractivity contribution in [2.24, 2.45) is 0 Å². The summed E-state index contributed by atoms with van der Waals surface area (Å²) in [6, 6.07) is 0. The lowest BCUT2D eigenvalue weighted by atomic mass is 9.78. The third kappa shape index (κ3) is 3.24. The summed E-state index contributed by atoms with van der Waals surface area (Å²) < 4.78 is 10.8. The molecule has 2 aliphatic heterocycles. The van der Waals surface area contributed by atoms with Crippen LogP contribution in [0.25, 0.3) is 0 Å². The zero-order valence-corrected chi connectivity index (χ0v) is 12.5. The van der Waals surface area contributed by atoms with Crippen LogP contribution in [0.5, 0.6) is 0 Å². The molecule has 2 N–H and O–H groups in total. The summed E-state index contributed by atoms with van der Waals surface area (Å²) >= 11 is 0. The number of carbonyl (C=O) groups excluding carboxylic acids is 1. The van der Waals surface area contributed by atoms with E-state index in [-0.39, 0.29) is 6.54 Å². The van der Waals surface area contributed by atoms with Crippen LogP contribution in [-0.2, 0) is 9.47 Å². The van der Waals surface area contributed by atoms with Crippen LogP contribution in [0.2, 0.25) is 0 Å². The van der Waals surface area contributed by atoms with Crippen LogP contribution in [0.1, 0.15) is 40.0 Å². The number of ether oxygens (including phenoxy) is 2. The normalized spacial score (nSPS) is 30.4. The molecule has 2 atom stereocenters. The lowest BCUT2D eigenvalue weighted by molar-refractivity contribution is -0.125. The summed E-state index contributed by atoms with van der Waals surface area (Å²) in [7, 11) is 0. The Morgan fingerprint density at radius 3 is 2.40 bits per heavy atom. The van der Waals surface area contributed by atoms with E-state index in [0.29, 0.717) is 32.5 Å². The molecule has 0 bridgehead atoms. The summed E-state index contributed by atoms with van der Waals surface area (Å²) in [5, 5.41) is 19.8. The standard InChI is InChI=1S/C14H25NO5/c1-13(2,3)20-12(18)15-9-11(17)10(16)8-14(15)4-6-19-7-5-14/h10-11,16-17H,4-9H2,1-3H3/t10-,11+/m0/s1. The molecule has 2 aliphatic rings. The Balaban J connectivity index is 2.19. The number of β-amino-alcohol motifs (C(OH)–C–C–N with tert-alkyl or cyclic N) is 1. The minimum atomic E-state index is -0.920. The maximum atomic E-state index is 12.4. The Kier molecular flexibility index (Phi) is 4.27. The maximum absolute atomic E-state index is 12.4. The summed E-state index contributed by atoms with van der Waals surface area (Å²) in [5.41, 5.74) is -1.04. The minimum absolute atomic E-state index is 0.107. The first-order valence-electron chi connectivity index (χ1n) is 7.18. The molecule has 2 saturated heterocycles. The molecule has 0 unspecified atom stereocenters. The van der Waals surface area contributed by atoms with Crippen molar-refractivity contribution in [3.05, 3.63) is 0 Å². The quantitative estimate of drug-likeness (QED) is 0.692. The summed E-state index contributed by atoms with van der Waals surface area (Å²) in [6.45, 7) is 6.67. The van der Waals surface area contributed by atoms with Gasteiger partial charge < -0.3 is 19.7 Å². The number of aliphatic hydroxyl groups is 2. The van der Waals surface area contributed by atoms with Gasteiger partial charge in [0.2, 0.25) is 0 Å². The predicted octanol–water partition coefficient (Wildman–Crippen LogP) is 0.898. The zero-order chi connectivity index (χ0) is 15.0. The predicted molar refractivity (Wildman–Crippen MR) is 72.4 cm³/mol. The number of carbonyl (C=O) groups is 1. The number of hydrogen-bond donors (Lipinski definition) is 2. The molecule has 6 nitrogen and oxygen atoms in total. The molecule has 0 aromatic heterocycles. The van der Waals surface area contributed by atoms with Gasteiger partial charge in [-0.25, -0.2) is 4.79 Å². The molecule has 2 fully saturated rings. The van der Waals surface area contributed by atoms with Crippen molar-refractivity contribution < 1.29 is 24.5 Å². The fraction of sp³-hybridized carbons (Fsp3) is 0.929. The van der Waals surface area contributed by atoms with Crippen LogP contribution in [0, 0.1) is 0 Å². The third-order valence-electron chi connectivity index (χ3n) is 4.01. The second-order valence-electron chi connectivity index (χ2n) is 6.77. The Bertz CT molecular complexity index is 359. The van der Waals surface area contributed by atoms with Crippen molar-refractivity contribution in [1.82, 2.24) is 4.90 Å². The summed E-state index contributed by atoms with van der Waals surface area (Å²) in [6.07, 6.45) is -0.448. The van der Waals surface area contributed by atoms with E-state index in [0.717, 1.165) is 0 Å². The van der Waals surface area contributed by atoms with Gasteiger partial charge in [0.25, 0.3) is 0 Å². The van der Waals surface area contributed by atoms with Crippen molar-refractivity contribution in [3.63, 3.8) is 0 Å². The number of rotatable bonds is 0. The molecule has 0 radical (unpaired) electrons. The van der Waals surface area contributed by atoms with E-state index in [2.05, 4.69) is 0 Å². The monoisotopic (exact) mass is 287 g/mol. The van der Waals surface area contributed by atoms with Gasteiger partial charge in [-0.3, -0.25) is 4.90 Å². The number of piperidine rings is 1. The molecule has 0 aromatic rings. The molecular weight excluding hydrogens is 262 g/mol. The van der Waals surface area contributed by atoms with Gasteiger partial charge in [0.1, 0.15) is 5.60 Å². The molecule has 2 heterocycles. The first-order valence-corrected chi connectivity index (χ1v) is 7.18. The van der Waals surface area contributed by atoms with Gasteiger partial charge in [0.05, 0.1) is 24.3 Å². The molecule has 0 aliphatic carbocycles. The van der Waals surface area contributed by atoms with Gasteiger partial charge in [-0.2, -0.15) is 0 Å². The van der Waals surface area contributed by atoms with E-state index in [1.165, 1.54) is 0 Å². The van der Waals surface area contributed by atoms with E-state index in [4.69, 9.17) is 9.47 Å². The van der Waals surface area contributed by atoms with Crippen LogP contribution in [0.3, 0.4) is 0 Å². The highest BCUT2D eigenvalue weighted by Crippen LogP contribution is 2.37. The van der Waals surface area contributed by atoms with Crippen LogP contribution >= 0.6 is 0 Å². The maximum Gasteiger partial charge on any atom is 0.410 e. The minimum Gasteiger partial charge on any atom is -0.444 e. The summed E-state index contributed by atoms with van der Waals surface area (Å²) in [4.78, 5) is 14.0. The number of nitrogens with zero attached hydrogens (tertiary/aromatic N) is 1. The van der Waals surface area contributed by atoms with Crippen LogP contribution < -0.4 is 0 Å². The topological polar surface area (TPSA) is 79.2 Å². The molecule has 0 aromatic carbocycles. The molecular formula is C14H25NO5. The van der Waals surface area contributed by atoms with Crippen molar-refractivity contribution in [2.75, 3.05) is 19.8 Å². The van der Waals surface area contributed by atoms with Gasteiger partial charge in [-0.1, -0.05) is 0 Å². The van der Waals surface area contributed by atoms with Gasteiger partial charge in [-0.15, -0.1) is 0 Å². The number of amides is 1. The van der Waals surface area contributed by atoms with Crippen LogP contribution in [-0.4, -0.2) is 64.3 Å². The average Bonchev–Trinajstić information content (AvgIpc) is 2.33. The molecule has 0 saturated carbocycles. The van der Waals surface area contributed by atoms with E-state index in [1.807, 2.05) is 20.8 Å². The van der Waals surface area contributed by atoms with Crippen molar-refractivity contribution in [3.8, 4) is 0 Å². The van der Waals surface area contributed by atoms with E-state index < -0.39 is 29.4 Å². The fourth-order valence-electron chi connectivity index (χ4n) is 2.95. The molecule has 116 valence electrons. The Morgan fingerprint density at radius 1 is 1.25 bits per heavy atom. The van der Waals surface area contributed by atoms with Gasteiger partial charge in [0.15, 0.2) is 0 Å². The van der Waals surface area contributed by atoms with Crippen molar-refractivity contribution >= 4 is 6.09 Å².